The van der Waals surface area contributed by atoms with Gasteiger partial charge in [-0.3, -0.25) is 9.69 Å². The number of methoxy groups -OCH3 is 1. The Balaban J connectivity index is 1.63. The Kier molecular flexibility index (Phi) is 5.54. The second-order valence-electron chi connectivity index (χ2n) is 7.10. The third-order valence-corrected chi connectivity index (χ3v) is 5.96. The molecule has 29 heavy (non-hydrogen) atoms. The van der Waals surface area contributed by atoms with Gasteiger partial charge in [0.05, 0.1) is 19.7 Å². The lowest BCUT2D eigenvalue weighted by Gasteiger charge is -2.33. The second-order valence-corrected chi connectivity index (χ2v) is 7.90. The van der Waals surface area contributed by atoms with Crippen molar-refractivity contribution in [1.82, 2.24) is 19.2 Å². The van der Waals surface area contributed by atoms with Crippen molar-refractivity contribution in [3.63, 3.8) is 0 Å². The second kappa shape index (κ2) is 8.10. The number of carbonyl (C=O) groups excluding carboxylic acids is 1. The van der Waals surface area contributed by atoms with E-state index in [0.717, 1.165) is 29.1 Å². The summed E-state index contributed by atoms with van der Waals surface area (Å²) in [6, 6.07) is 15.5. The van der Waals surface area contributed by atoms with Crippen molar-refractivity contribution in [2.75, 3.05) is 13.7 Å². The van der Waals surface area contributed by atoms with Crippen molar-refractivity contribution in [3.8, 4) is 11.4 Å². The molecule has 2 heterocycles. The SMILES string of the molecule is COC(=O)C1CN(Cn2nc(-c3ccc(Cl)cc3)n(C)c2=S)Cc2ccccc21. The van der Waals surface area contributed by atoms with Crippen LogP contribution in [0.5, 0.6) is 0 Å². The molecule has 150 valence electrons. The molecular weight excluding hydrogens is 408 g/mol. The number of fused-ring (bicyclic) bond motifs is 1. The van der Waals surface area contributed by atoms with Gasteiger partial charge in [-0.15, -0.1) is 0 Å². The number of benzene rings is 2. The number of hydrogen-bond acceptors (Lipinski definition) is 5. The molecule has 1 aliphatic rings. The Morgan fingerprint density at radius 1 is 1.24 bits per heavy atom. The minimum Gasteiger partial charge on any atom is -0.469 e. The summed E-state index contributed by atoms with van der Waals surface area (Å²) in [4.78, 5) is 14.5. The third kappa shape index (κ3) is 3.85. The van der Waals surface area contributed by atoms with Crippen LogP contribution in [-0.2, 0) is 29.8 Å². The number of carbonyl (C=O) groups is 1. The topological polar surface area (TPSA) is 52.3 Å². The average molecular weight is 429 g/mol. The predicted octanol–water partition coefficient (Wildman–Crippen LogP) is 4.00. The molecule has 0 N–H and O–H groups in total. The summed E-state index contributed by atoms with van der Waals surface area (Å²) < 4.78 is 9.33. The molecule has 4 rings (SSSR count). The fraction of sp³-hybridized carbons (Fsp3) is 0.286. The molecule has 1 atom stereocenters. The molecule has 1 unspecified atom stereocenters. The summed E-state index contributed by atoms with van der Waals surface area (Å²) in [5.41, 5.74) is 3.09. The first-order valence-corrected chi connectivity index (χ1v) is 10.0. The van der Waals surface area contributed by atoms with E-state index in [1.54, 1.807) is 4.68 Å². The van der Waals surface area contributed by atoms with E-state index in [2.05, 4.69) is 4.90 Å². The van der Waals surface area contributed by atoms with Crippen LogP contribution in [0.15, 0.2) is 48.5 Å². The monoisotopic (exact) mass is 428 g/mol. The van der Waals surface area contributed by atoms with E-state index < -0.39 is 0 Å². The van der Waals surface area contributed by atoms with Crippen molar-refractivity contribution in [1.29, 1.82) is 0 Å². The highest BCUT2D eigenvalue weighted by atomic mass is 35.5. The van der Waals surface area contributed by atoms with Crippen molar-refractivity contribution >= 4 is 29.8 Å². The first-order chi connectivity index (χ1) is 14.0. The number of halogens is 1. The smallest absolute Gasteiger partial charge is 0.314 e. The lowest BCUT2D eigenvalue weighted by atomic mass is 9.90. The molecule has 6 nitrogen and oxygen atoms in total. The Hall–Kier alpha value is -2.48. The van der Waals surface area contributed by atoms with Crippen molar-refractivity contribution in [2.45, 2.75) is 19.1 Å². The summed E-state index contributed by atoms with van der Waals surface area (Å²) in [6.07, 6.45) is 0. The van der Waals surface area contributed by atoms with Gasteiger partial charge in [0.2, 0.25) is 0 Å². The van der Waals surface area contributed by atoms with Crippen molar-refractivity contribution in [3.05, 3.63) is 69.5 Å². The van der Waals surface area contributed by atoms with Gasteiger partial charge in [0, 0.05) is 30.7 Å². The standard InChI is InChI=1S/C21H21ClN4O2S/c1-24-19(14-7-9-16(22)10-8-14)23-26(21(24)29)13-25-11-15-5-3-4-6-17(15)18(12-25)20(27)28-2/h3-10,18H,11-13H2,1-2H3. The van der Waals surface area contributed by atoms with Gasteiger partial charge in [0.25, 0.3) is 0 Å². The summed E-state index contributed by atoms with van der Waals surface area (Å²) in [7, 11) is 3.33. The highest BCUT2D eigenvalue weighted by Gasteiger charge is 2.31. The van der Waals surface area contributed by atoms with Crippen LogP contribution in [-0.4, -0.2) is 38.9 Å². The molecule has 3 aromatic rings. The first-order valence-electron chi connectivity index (χ1n) is 9.25. The minimum atomic E-state index is -0.321. The zero-order valence-corrected chi connectivity index (χ0v) is 17.8. The van der Waals surface area contributed by atoms with Crippen LogP contribution in [0, 0.1) is 4.77 Å². The fourth-order valence-corrected chi connectivity index (χ4v) is 4.06. The van der Waals surface area contributed by atoms with Crippen LogP contribution in [0.25, 0.3) is 11.4 Å². The predicted molar refractivity (Wildman–Crippen MR) is 114 cm³/mol. The molecule has 8 heteroatoms. The summed E-state index contributed by atoms with van der Waals surface area (Å²) in [5.74, 6) is 0.223. The Bertz CT molecular complexity index is 1110. The van der Waals surface area contributed by atoms with Crippen LogP contribution in [0.3, 0.4) is 0 Å². The molecule has 0 saturated carbocycles. The van der Waals surface area contributed by atoms with E-state index in [1.165, 1.54) is 7.11 Å². The van der Waals surface area contributed by atoms with E-state index in [9.17, 15) is 4.79 Å². The number of aromatic nitrogens is 3. The maximum absolute atomic E-state index is 12.4. The average Bonchev–Trinajstić information content (AvgIpc) is 3.01. The largest absolute Gasteiger partial charge is 0.469 e. The van der Waals surface area contributed by atoms with Crippen LogP contribution in [0.1, 0.15) is 17.0 Å². The molecule has 2 aromatic carbocycles. The quantitative estimate of drug-likeness (QED) is 0.464. The van der Waals surface area contributed by atoms with Gasteiger partial charge >= 0.3 is 5.97 Å². The Morgan fingerprint density at radius 3 is 2.69 bits per heavy atom. The van der Waals surface area contributed by atoms with Gasteiger partial charge in [0.1, 0.15) is 0 Å². The summed E-state index contributed by atoms with van der Waals surface area (Å²) in [6.45, 7) is 1.76. The first kappa shape index (κ1) is 19.8. The lowest BCUT2D eigenvalue weighted by Crippen LogP contribution is -2.38. The number of rotatable bonds is 4. The van der Waals surface area contributed by atoms with E-state index in [-0.39, 0.29) is 11.9 Å². The number of nitrogens with zero attached hydrogens (tertiary/aromatic N) is 4. The summed E-state index contributed by atoms with van der Waals surface area (Å²) >= 11 is 11.6. The van der Waals surface area contributed by atoms with Gasteiger partial charge in [0.15, 0.2) is 10.6 Å². The Labute approximate surface area is 179 Å². The molecule has 1 aromatic heterocycles. The maximum atomic E-state index is 12.4. The molecule has 0 aliphatic carbocycles. The number of hydrogen-bond donors (Lipinski definition) is 0. The van der Waals surface area contributed by atoms with Crippen LogP contribution >= 0.6 is 23.8 Å². The summed E-state index contributed by atoms with van der Waals surface area (Å²) in [5, 5.41) is 5.40. The normalized spacial score (nSPS) is 16.4. The zero-order chi connectivity index (χ0) is 20.5. The van der Waals surface area contributed by atoms with E-state index in [4.69, 9.17) is 33.7 Å². The van der Waals surface area contributed by atoms with Crippen LogP contribution in [0.4, 0.5) is 0 Å². The molecule has 0 bridgehead atoms. The third-order valence-electron chi connectivity index (χ3n) is 5.23. The minimum absolute atomic E-state index is 0.228. The zero-order valence-electron chi connectivity index (χ0n) is 16.2. The molecule has 0 amide bonds. The van der Waals surface area contributed by atoms with E-state index >= 15 is 0 Å². The van der Waals surface area contributed by atoms with Crippen LogP contribution < -0.4 is 0 Å². The maximum Gasteiger partial charge on any atom is 0.314 e. The highest BCUT2D eigenvalue weighted by molar-refractivity contribution is 7.71. The van der Waals surface area contributed by atoms with Gasteiger partial charge in [-0.2, -0.15) is 5.10 Å². The molecular formula is C21H21ClN4O2S. The van der Waals surface area contributed by atoms with Crippen molar-refractivity contribution in [2.24, 2.45) is 7.05 Å². The lowest BCUT2D eigenvalue weighted by molar-refractivity contribution is -0.143. The molecule has 0 fully saturated rings. The molecule has 0 saturated heterocycles. The van der Waals surface area contributed by atoms with Gasteiger partial charge < -0.3 is 9.30 Å². The van der Waals surface area contributed by atoms with Gasteiger partial charge in [-0.05, 0) is 47.6 Å². The highest BCUT2D eigenvalue weighted by Crippen LogP contribution is 2.29. The fourth-order valence-electron chi connectivity index (χ4n) is 3.75. The van der Waals surface area contributed by atoms with Crippen molar-refractivity contribution < 1.29 is 9.53 Å². The van der Waals surface area contributed by atoms with E-state index in [0.29, 0.717) is 23.0 Å². The number of ether oxygens (including phenoxy) is 1. The van der Waals surface area contributed by atoms with Gasteiger partial charge in [-0.1, -0.05) is 35.9 Å². The molecule has 0 spiro atoms. The van der Waals surface area contributed by atoms with Crippen LogP contribution in [0.2, 0.25) is 5.02 Å². The van der Waals surface area contributed by atoms with E-state index in [1.807, 2.05) is 60.1 Å². The molecule has 1 aliphatic heterocycles. The number of esters is 1. The molecule has 0 radical (unpaired) electrons. The van der Waals surface area contributed by atoms with Gasteiger partial charge in [-0.25, -0.2) is 4.68 Å². The Morgan fingerprint density at radius 2 is 1.97 bits per heavy atom.